The topological polar surface area (TPSA) is 43.8 Å². The summed E-state index contributed by atoms with van der Waals surface area (Å²) >= 11 is 5.90. The average molecular weight is 250 g/mol. The summed E-state index contributed by atoms with van der Waals surface area (Å²) in [5.41, 5.74) is 9.89. The Morgan fingerprint density at radius 3 is 2.76 bits per heavy atom. The van der Waals surface area contributed by atoms with Gasteiger partial charge in [0.15, 0.2) is 0 Å². The third-order valence-corrected chi connectivity index (χ3v) is 3.08. The predicted octanol–water partition coefficient (Wildman–Crippen LogP) is 3.50. The second-order valence-electron chi connectivity index (χ2n) is 4.10. The zero-order chi connectivity index (χ0) is 12.4. The van der Waals surface area contributed by atoms with Crippen molar-refractivity contribution in [2.24, 2.45) is 0 Å². The van der Waals surface area contributed by atoms with Gasteiger partial charge in [-0.25, -0.2) is 0 Å². The van der Waals surface area contributed by atoms with Crippen molar-refractivity contribution in [2.75, 3.05) is 5.73 Å². The molecule has 4 heteroatoms. The summed E-state index contributed by atoms with van der Waals surface area (Å²) in [6, 6.07) is 5.56. The average Bonchev–Trinajstić information content (AvgIpc) is 2.62. The van der Waals surface area contributed by atoms with E-state index >= 15 is 0 Å². The first-order chi connectivity index (χ1) is 8.13. The predicted molar refractivity (Wildman–Crippen MR) is 72.1 cm³/mol. The number of benzene rings is 1. The highest BCUT2D eigenvalue weighted by Gasteiger charge is 2.10. The maximum atomic E-state index is 5.98. The zero-order valence-electron chi connectivity index (χ0n) is 10.1. The first-order valence-corrected chi connectivity index (χ1v) is 6.09. The minimum atomic E-state index is 0.657. The molecule has 0 unspecified atom stereocenters. The maximum Gasteiger partial charge on any atom is 0.0571 e. The number of nitrogens with zero attached hydrogens (tertiary/aromatic N) is 2. The van der Waals surface area contributed by atoms with E-state index in [1.54, 1.807) is 6.07 Å². The van der Waals surface area contributed by atoms with Crippen molar-refractivity contribution in [3.8, 4) is 11.1 Å². The highest BCUT2D eigenvalue weighted by Crippen LogP contribution is 2.30. The first kappa shape index (κ1) is 12.0. The van der Waals surface area contributed by atoms with E-state index in [2.05, 4.69) is 18.9 Å². The molecular weight excluding hydrogens is 234 g/mol. The fourth-order valence-electron chi connectivity index (χ4n) is 1.93. The molecule has 2 rings (SSSR count). The fraction of sp³-hybridized carbons (Fsp3) is 0.308. The molecule has 0 fully saturated rings. The zero-order valence-corrected chi connectivity index (χ0v) is 10.8. The molecule has 90 valence electrons. The SMILES string of the molecule is CCCn1ncc(-c2ccc(Cl)cc2N)c1C. The van der Waals surface area contributed by atoms with Gasteiger partial charge in [0.2, 0.25) is 0 Å². The van der Waals surface area contributed by atoms with Gasteiger partial charge in [-0.05, 0) is 25.5 Å². The van der Waals surface area contributed by atoms with E-state index in [1.165, 1.54) is 0 Å². The number of hydrogen-bond donors (Lipinski definition) is 1. The number of aromatic nitrogens is 2. The summed E-state index contributed by atoms with van der Waals surface area (Å²) in [6.45, 7) is 5.13. The van der Waals surface area contributed by atoms with E-state index in [1.807, 2.05) is 23.0 Å². The van der Waals surface area contributed by atoms with E-state index < -0.39 is 0 Å². The van der Waals surface area contributed by atoms with Gasteiger partial charge >= 0.3 is 0 Å². The van der Waals surface area contributed by atoms with Gasteiger partial charge in [-0.15, -0.1) is 0 Å². The molecule has 0 bridgehead atoms. The molecule has 0 saturated heterocycles. The van der Waals surface area contributed by atoms with Gasteiger partial charge in [0, 0.05) is 34.1 Å². The van der Waals surface area contributed by atoms with Gasteiger partial charge in [0.05, 0.1) is 6.20 Å². The molecule has 0 aliphatic rings. The summed E-state index contributed by atoms with van der Waals surface area (Å²) in [6.07, 6.45) is 2.93. The maximum absolute atomic E-state index is 5.98. The molecule has 2 aromatic rings. The van der Waals surface area contributed by atoms with Crippen LogP contribution in [0.3, 0.4) is 0 Å². The molecule has 17 heavy (non-hydrogen) atoms. The van der Waals surface area contributed by atoms with Crippen molar-refractivity contribution in [1.82, 2.24) is 9.78 Å². The van der Waals surface area contributed by atoms with Crippen LogP contribution in [-0.4, -0.2) is 9.78 Å². The van der Waals surface area contributed by atoms with Crippen LogP contribution >= 0.6 is 11.6 Å². The Bertz CT molecular complexity index is 531. The van der Waals surface area contributed by atoms with Gasteiger partial charge in [-0.1, -0.05) is 24.6 Å². The molecule has 0 aliphatic heterocycles. The second-order valence-corrected chi connectivity index (χ2v) is 4.53. The summed E-state index contributed by atoms with van der Waals surface area (Å²) < 4.78 is 2.00. The third-order valence-electron chi connectivity index (χ3n) is 2.84. The van der Waals surface area contributed by atoms with Gasteiger partial charge in [0.1, 0.15) is 0 Å². The normalized spacial score (nSPS) is 10.8. The number of aryl methyl sites for hydroxylation is 1. The molecule has 2 N–H and O–H groups in total. The van der Waals surface area contributed by atoms with Crippen LogP contribution in [0.1, 0.15) is 19.0 Å². The molecule has 0 aliphatic carbocycles. The van der Waals surface area contributed by atoms with Crippen molar-refractivity contribution >= 4 is 17.3 Å². The van der Waals surface area contributed by atoms with Gasteiger partial charge < -0.3 is 5.73 Å². The van der Waals surface area contributed by atoms with Crippen molar-refractivity contribution in [1.29, 1.82) is 0 Å². The van der Waals surface area contributed by atoms with Crippen LogP contribution in [0.4, 0.5) is 5.69 Å². The van der Waals surface area contributed by atoms with Crippen LogP contribution in [0.25, 0.3) is 11.1 Å². The molecule has 0 spiro atoms. The highest BCUT2D eigenvalue weighted by molar-refractivity contribution is 6.31. The van der Waals surface area contributed by atoms with Crippen LogP contribution in [0.5, 0.6) is 0 Å². The lowest BCUT2D eigenvalue weighted by molar-refractivity contribution is 0.587. The Hall–Kier alpha value is -1.48. The fourth-order valence-corrected chi connectivity index (χ4v) is 2.11. The molecule has 1 aromatic heterocycles. The quantitative estimate of drug-likeness (QED) is 0.846. The van der Waals surface area contributed by atoms with Crippen molar-refractivity contribution in [2.45, 2.75) is 26.8 Å². The Morgan fingerprint density at radius 1 is 1.35 bits per heavy atom. The molecule has 0 radical (unpaired) electrons. The summed E-state index contributed by atoms with van der Waals surface area (Å²) in [5.74, 6) is 0. The van der Waals surface area contributed by atoms with Crippen LogP contribution in [-0.2, 0) is 6.54 Å². The number of halogens is 1. The van der Waals surface area contributed by atoms with Crippen molar-refractivity contribution in [3.63, 3.8) is 0 Å². The van der Waals surface area contributed by atoms with Crippen LogP contribution < -0.4 is 5.73 Å². The third kappa shape index (κ3) is 2.29. The van der Waals surface area contributed by atoms with Crippen LogP contribution in [0.15, 0.2) is 24.4 Å². The molecule has 0 amide bonds. The number of rotatable bonds is 3. The molecule has 1 heterocycles. The Kier molecular flexibility index (Phi) is 3.38. The number of nitrogens with two attached hydrogens (primary N) is 1. The van der Waals surface area contributed by atoms with E-state index in [-0.39, 0.29) is 0 Å². The number of anilines is 1. The first-order valence-electron chi connectivity index (χ1n) is 5.71. The second kappa shape index (κ2) is 4.80. The summed E-state index contributed by atoms with van der Waals surface area (Å²) in [5, 5.41) is 5.03. The van der Waals surface area contributed by atoms with E-state index in [4.69, 9.17) is 17.3 Å². The van der Waals surface area contributed by atoms with Crippen molar-refractivity contribution < 1.29 is 0 Å². The van der Waals surface area contributed by atoms with Crippen LogP contribution in [0, 0.1) is 6.92 Å². The minimum Gasteiger partial charge on any atom is -0.398 e. The van der Waals surface area contributed by atoms with Gasteiger partial charge in [-0.2, -0.15) is 5.10 Å². The van der Waals surface area contributed by atoms with E-state index in [0.717, 1.165) is 29.8 Å². The van der Waals surface area contributed by atoms with E-state index in [9.17, 15) is 0 Å². The molecular formula is C13H16ClN3. The standard InChI is InChI=1S/C13H16ClN3/c1-3-6-17-9(2)12(8-16-17)11-5-4-10(14)7-13(11)15/h4-5,7-8H,3,6,15H2,1-2H3. The highest BCUT2D eigenvalue weighted by atomic mass is 35.5. The lowest BCUT2D eigenvalue weighted by Crippen LogP contribution is -2.01. The summed E-state index contributed by atoms with van der Waals surface area (Å²) in [7, 11) is 0. The molecule has 0 atom stereocenters. The number of hydrogen-bond acceptors (Lipinski definition) is 2. The van der Waals surface area contributed by atoms with Crippen LogP contribution in [0.2, 0.25) is 5.02 Å². The largest absolute Gasteiger partial charge is 0.398 e. The summed E-state index contributed by atoms with van der Waals surface area (Å²) in [4.78, 5) is 0. The van der Waals surface area contributed by atoms with Gasteiger partial charge in [-0.3, -0.25) is 4.68 Å². The monoisotopic (exact) mass is 249 g/mol. The molecule has 3 nitrogen and oxygen atoms in total. The smallest absolute Gasteiger partial charge is 0.0571 e. The lowest BCUT2D eigenvalue weighted by Gasteiger charge is -2.06. The Labute approximate surface area is 106 Å². The van der Waals surface area contributed by atoms with E-state index in [0.29, 0.717) is 10.7 Å². The van der Waals surface area contributed by atoms with Crippen molar-refractivity contribution in [3.05, 3.63) is 35.1 Å². The molecule has 0 saturated carbocycles. The Balaban J connectivity index is 2.46. The lowest BCUT2D eigenvalue weighted by atomic mass is 10.1. The van der Waals surface area contributed by atoms with Gasteiger partial charge in [0.25, 0.3) is 0 Å². The number of nitrogen functional groups attached to an aromatic ring is 1. The Morgan fingerprint density at radius 2 is 2.12 bits per heavy atom. The molecule has 1 aromatic carbocycles. The minimum absolute atomic E-state index is 0.657.